The molecule has 2 aliphatic heterocycles. The predicted molar refractivity (Wildman–Crippen MR) is 116 cm³/mol. The smallest absolute Gasteiger partial charge is 0.237 e. The summed E-state index contributed by atoms with van der Waals surface area (Å²) >= 11 is 0. The Bertz CT molecular complexity index is 553. The Morgan fingerprint density at radius 3 is 2.63 bits per heavy atom. The summed E-state index contributed by atoms with van der Waals surface area (Å²) in [6, 6.07) is 1.24. The van der Waals surface area contributed by atoms with Crippen LogP contribution in [0.4, 0.5) is 4.39 Å². The number of likely N-dealkylation sites (tertiary alicyclic amines) is 1. The molecule has 0 aromatic rings. The maximum absolute atomic E-state index is 14.4. The summed E-state index contributed by atoms with van der Waals surface area (Å²) in [5.74, 6) is 0.541. The van der Waals surface area contributed by atoms with Crippen molar-refractivity contribution in [2.24, 2.45) is 11.8 Å². The van der Waals surface area contributed by atoms with Gasteiger partial charge in [0.15, 0.2) is 0 Å². The van der Waals surface area contributed by atoms with Crippen molar-refractivity contribution >= 4 is 5.91 Å². The zero-order chi connectivity index (χ0) is 21.1. The predicted octanol–water partition coefficient (Wildman–Crippen LogP) is 1.57. The molecule has 6 nitrogen and oxygen atoms in total. The molecule has 2 aliphatic carbocycles. The van der Waals surface area contributed by atoms with E-state index in [-0.39, 0.29) is 36.6 Å². The van der Waals surface area contributed by atoms with E-state index < -0.39 is 6.17 Å². The molecule has 1 amide bonds. The molecule has 2 saturated heterocycles. The van der Waals surface area contributed by atoms with Crippen LogP contribution in [-0.4, -0.2) is 78.5 Å². The molecule has 7 unspecified atom stereocenters. The molecule has 7 atom stereocenters. The molecule has 4 aliphatic rings. The first kappa shape index (κ1) is 22.4. The summed E-state index contributed by atoms with van der Waals surface area (Å²) in [6.07, 6.45) is 8.17. The first-order chi connectivity index (χ1) is 14.5. The van der Waals surface area contributed by atoms with Crippen molar-refractivity contribution in [2.75, 3.05) is 26.2 Å². The van der Waals surface area contributed by atoms with Gasteiger partial charge in [0.25, 0.3) is 0 Å². The van der Waals surface area contributed by atoms with Crippen molar-refractivity contribution in [3.05, 3.63) is 0 Å². The minimum atomic E-state index is -0.759. The fraction of sp³-hybridized carbons (Fsp3) is 0.957. The molecule has 0 radical (unpaired) electrons. The molecule has 172 valence electrons. The average molecular weight is 425 g/mol. The van der Waals surface area contributed by atoms with Crippen LogP contribution in [0.3, 0.4) is 0 Å². The highest BCUT2D eigenvalue weighted by Crippen LogP contribution is 2.38. The molecule has 4 N–H and O–H groups in total. The van der Waals surface area contributed by atoms with E-state index in [4.69, 9.17) is 5.11 Å². The molecule has 0 spiro atoms. The van der Waals surface area contributed by atoms with Gasteiger partial charge in [-0.3, -0.25) is 4.79 Å². The standard InChI is InChI=1S/C23H41FN4O2/c1-15-5-6-20(24)19-14-21(27-22(15)19)23(30)26-17-3-2-4-18(13-17)28-10-7-16(8-11-28)25-9-12-29/h15-22,25,27,29H,2-14H2,1H3,(H,26,30). The van der Waals surface area contributed by atoms with Gasteiger partial charge in [0, 0.05) is 36.6 Å². The summed E-state index contributed by atoms with van der Waals surface area (Å²) in [7, 11) is 0. The summed E-state index contributed by atoms with van der Waals surface area (Å²) in [5, 5.41) is 19.2. The maximum Gasteiger partial charge on any atom is 0.237 e. The van der Waals surface area contributed by atoms with Gasteiger partial charge >= 0.3 is 0 Å². The number of alkyl halides is 1. The molecule has 0 bridgehead atoms. The molecule has 0 aromatic heterocycles. The third-order valence-electron chi connectivity index (χ3n) is 8.24. The van der Waals surface area contributed by atoms with Gasteiger partial charge in [0.2, 0.25) is 5.91 Å². The molecule has 2 heterocycles. The van der Waals surface area contributed by atoms with E-state index in [1.54, 1.807) is 0 Å². The van der Waals surface area contributed by atoms with E-state index in [0.29, 0.717) is 37.4 Å². The van der Waals surface area contributed by atoms with Crippen molar-refractivity contribution in [3.8, 4) is 0 Å². The Balaban J connectivity index is 1.24. The van der Waals surface area contributed by atoms with Crippen LogP contribution in [0.15, 0.2) is 0 Å². The number of carbonyl (C=O) groups is 1. The SMILES string of the molecule is CC1CCC(F)C2CC(C(=O)NC3CCCC(N4CCC(NCCO)CC4)C3)NC12. The summed E-state index contributed by atoms with van der Waals surface area (Å²) in [6.45, 7) is 5.26. The third-order valence-corrected chi connectivity index (χ3v) is 8.24. The van der Waals surface area contributed by atoms with E-state index >= 15 is 0 Å². The highest BCUT2D eigenvalue weighted by Gasteiger charge is 2.46. The van der Waals surface area contributed by atoms with E-state index in [1.807, 2.05) is 0 Å². The largest absolute Gasteiger partial charge is 0.395 e. The second-order valence-corrected chi connectivity index (χ2v) is 10.2. The second-order valence-electron chi connectivity index (χ2n) is 10.2. The number of piperidine rings is 1. The minimum absolute atomic E-state index is 0.00402. The number of nitrogens with zero attached hydrogens (tertiary/aromatic N) is 1. The Hall–Kier alpha value is -0.760. The van der Waals surface area contributed by atoms with E-state index in [0.717, 1.165) is 51.6 Å². The second kappa shape index (κ2) is 10.2. The van der Waals surface area contributed by atoms with Crippen molar-refractivity contribution in [2.45, 2.75) is 101 Å². The summed E-state index contributed by atoms with van der Waals surface area (Å²) in [4.78, 5) is 15.6. The number of aliphatic hydroxyl groups excluding tert-OH is 1. The fourth-order valence-electron chi connectivity index (χ4n) is 6.47. The Labute approximate surface area is 180 Å². The van der Waals surface area contributed by atoms with Crippen molar-refractivity contribution in [3.63, 3.8) is 0 Å². The van der Waals surface area contributed by atoms with Crippen LogP contribution in [0.5, 0.6) is 0 Å². The van der Waals surface area contributed by atoms with Crippen LogP contribution < -0.4 is 16.0 Å². The highest BCUT2D eigenvalue weighted by atomic mass is 19.1. The van der Waals surface area contributed by atoms with Gasteiger partial charge in [0.05, 0.1) is 12.6 Å². The average Bonchev–Trinajstić information content (AvgIpc) is 3.23. The van der Waals surface area contributed by atoms with Crippen molar-refractivity contribution in [1.82, 2.24) is 20.9 Å². The molecule has 4 rings (SSSR count). The van der Waals surface area contributed by atoms with Gasteiger partial charge in [-0.2, -0.15) is 0 Å². The molecular weight excluding hydrogens is 383 g/mol. The van der Waals surface area contributed by atoms with Gasteiger partial charge in [0.1, 0.15) is 6.17 Å². The minimum Gasteiger partial charge on any atom is -0.395 e. The van der Waals surface area contributed by atoms with Gasteiger partial charge in [-0.15, -0.1) is 0 Å². The van der Waals surface area contributed by atoms with Crippen LogP contribution in [0, 0.1) is 11.8 Å². The number of nitrogens with one attached hydrogen (secondary N) is 3. The Morgan fingerprint density at radius 2 is 1.90 bits per heavy atom. The number of hydrogen-bond acceptors (Lipinski definition) is 5. The topological polar surface area (TPSA) is 76.6 Å². The zero-order valence-electron chi connectivity index (χ0n) is 18.5. The monoisotopic (exact) mass is 424 g/mol. The number of carbonyl (C=O) groups excluding carboxylic acids is 1. The lowest BCUT2D eigenvalue weighted by Gasteiger charge is -2.41. The quantitative estimate of drug-likeness (QED) is 0.521. The van der Waals surface area contributed by atoms with Crippen LogP contribution in [0.2, 0.25) is 0 Å². The molecule has 7 heteroatoms. The number of hydrogen-bond donors (Lipinski definition) is 4. The van der Waals surface area contributed by atoms with E-state index in [2.05, 4.69) is 27.8 Å². The van der Waals surface area contributed by atoms with Crippen molar-refractivity contribution in [1.29, 1.82) is 0 Å². The zero-order valence-corrected chi connectivity index (χ0v) is 18.5. The molecule has 0 aromatic carbocycles. The fourth-order valence-corrected chi connectivity index (χ4v) is 6.47. The Morgan fingerprint density at radius 1 is 1.10 bits per heavy atom. The van der Waals surface area contributed by atoms with Crippen LogP contribution in [0.1, 0.15) is 64.7 Å². The normalized spacial score (nSPS) is 40.8. The van der Waals surface area contributed by atoms with Crippen LogP contribution >= 0.6 is 0 Å². The summed E-state index contributed by atoms with van der Waals surface area (Å²) < 4.78 is 14.4. The molecule has 30 heavy (non-hydrogen) atoms. The van der Waals surface area contributed by atoms with Gasteiger partial charge < -0.3 is 26.0 Å². The number of rotatable bonds is 6. The maximum atomic E-state index is 14.4. The van der Waals surface area contributed by atoms with Crippen LogP contribution in [0.25, 0.3) is 0 Å². The molecule has 2 saturated carbocycles. The van der Waals surface area contributed by atoms with E-state index in [1.165, 1.54) is 6.42 Å². The van der Waals surface area contributed by atoms with Gasteiger partial charge in [-0.1, -0.05) is 6.92 Å². The Kier molecular flexibility index (Phi) is 7.66. The molecule has 4 fully saturated rings. The third kappa shape index (κ3) is 5.17. The number of halogens is 1. The number of amides is 1. The first-order valence-corrected chi connectivity index (χ1v) is 12.3. The molecular formula is C23H41FN4O2. The lowest BCUT2D eigenvalue weighted by Crippen LogP contribution is -2.53. The summed E-state index contributed by atoms with van der Waals surface area (Å²) in [5.41, 5.74) is 0. The lowest BCUT2D eigenvalue weighted by atomic mass is 9.77. The van der Waals surface area contributed by atoms with Crippen molar-refractivity contribution < 1.29 is 14.3 Å². The highest BCUT2D eigenvalue weighted by molar-refractivity contribution is 5.82. The first-order valence-electron chi connectivity index (χ1n) is 12.3. The van der Waals surface area contributed by atoms with Crippen LogP contribution in [-0.2, 0) is 4.79 Å². The van der Waals surface area contributed by atoms with E-state index in [9.17, 15) is 9.18 Å². The lowest BCUT2D eigenvalue weighted by molar-refractivity contribution is -0.124. The van der Waals surface area contributed by atoms with Gasteiger partial charge in [-0.25, -0.2) is 4.39 Å². The number of fused-ring (bicyclic) bond motifs is 1. The number of aliphatic hydroxyl groups is 1. The van der Waals surface area contributed by atoms with Gasteiger partial charge in [-0.05, 0) is 76.8 Å².